The second kappa shape index (κ2) is 59.9. The molecule has 5 nitrogen and oxygen atoms in total. The molecule has 5 heteroatoms. The number of rotatable bonds is 53. The lowest BCUT2D eigenvalue weighted by atomic mass is 10.0. The van der Waals surface area contributed by atoms with Gasteiger partial charge in [0.05, 0.1) is 6.61 Å². The van der Waals surface area contributed by atoms with Gasteiger partial charge in [0.2, 0.25) is 0 Å². The van der Waals surface area contributed by atoms with Gasteiger partial charge in [-0.1, -0.05) is 264 Å². The van der Waals surface area contributed by atoms with Crippen LogP contribution in [0.4, 0.5) is 0 Å². The first-order valence-corrected chi connectivity index (χ1v) is 29.4. The number of ether oxygens (including phenoxy) is 2. The lowest BCUT2D eigenvalue weighted by molar-refractivity contribution is -0.161. The zero-order chi connectivity index (χ0) is 50.6. The van der Waals surface area contributed by atoms with Gasteiger partial charge in [-0.3, -0.25) is 9.59 Å². The smallest absolute Gasteiger partial charge is 0.306 e. The Bertz CT molecular complexity index is 1380. The monoisotopic (exact) mass is 971 g/mol. The average Bonchev–Trinajstić information content (AvgIpc) is 3.36. The van der Waals surface area contributed by atoms with Crippen LogP contribution in [0.5, 0.6) is 0 Å². The maximum absolute atomic E-state index is 12.3. The molecule has 0 heterocycles. The molecule has 0 aromatic heterocycles. The summed E-state index contributed by atoms with van der Waals surface area (Å²) in [5, 5.41) is 9.66. The molecule has 0 radical (unpaired) electrons. The van der Waals surface area contributed by atoms with Crippen LogP contribution >= 0.6 is 0 Å². The Morgan fingerprint density at radius 3 is 0.929 bits per heavy atom. The van der Waals surface area contributed by atoms with E-state index in [1.54, 1.807) is 0 Å². The van der Waals surface area contributed by atoms with E-state index in [1.807, 2.05) is 0 Å². The molecule has 0 bridgehead atoms. The number of unbranched alkanes of at least 4 members (excludes halogenated alkanes) is 27. The summed E-state index contributed by atoms with van der Waals surface area (Å²) in [6.07, 6.45) is 86.4. The van der Waals surface area contributed by atoms with Crippen molar-refractivity contribution in [2.24, 2.45) is 0 Å². The quantitative estimate of drug-likeness (QED) is 0.0373. The SMILES string of the molecule is CC/C=C\C/C=C\C/C=C\C/C=C\C/C=C\C/C=C\C/C=C\CCCCCCCCCCCCCCCCCC(=O)OC(CO)COC(=O)CCCCCCCCCCC/C=C\C/C=C\CCCCC. The van der Waals surface area contributed by atoms with Crippen molar-refractivity contribution in [3.8, 4) is 0 Å². The van der Waals surface area contributed by atoms with Crippen LogP contribution in [0.1, 0.15) is 271 Å². The second-order valence-corrected chi connectivity index (χ2v) is 19.3. The van der Waals surface area contributed by atoms with Gasteiger partial charge < -0.3 is 14.6 Å². The van der Waals surface area contributed by atoms with Crippen LogP contribution in [-0.4, -0.2) is 36.4 Å². The minimum absolute atomic E-state index is 0.0707. The molecule has 1 N–H and O–H groups in total. The van der Waals surface area contributed by atoms with Gasteiger partial charge in [-0.2, -0.15) is 0 Å². The van der Waals surface area contributed by atoms with E-state index in [9.17, 15) is 14.7 Å². The number of aliphatic hydroxyl groups excluding tert-OH is 1. The van der Waals surface area contributed by atoms with Gasteiger partial charge in [-0.15, -0.1) is 0 Å². The van der Waals surface area contributed by atoms with Crippen LogP contribution in [0.3, 0.4) is 0 Å². The summed E-state index contributed by atoms with van der Waals surface area (Å²) in [4.78, 5) is 24.5. The fourth-order valence-corrected chi connectivity index (χ4v) is 8.15. The van der Waals surface area contributed by atoms with E-state index >= 15 is 0 Å². The van der Waals surface area contributed by atoms with Gasteiger partial charge in [0, 0.05) is 12.8 Å². The van der Waals surface area contributed by atoms with Gasteiger partial charge in [0.15, 0.2) is 6.10 Å². The molecule has 0 aliphatic carbocycles. The highest BCUT2D eigenvalue weighted by molar-refractivity contribution is 5.70. The molecule has 0 saturated carbocycles. The molecule has 1 unspecified atom stereocenters. The molecule has 0 rings (SSSR count). The van der Waals surface area contributed by atoms with Crippen molar-refractivity contribution in [3.63, 3.8) is 0 Å². The normalized spacial score (nSPS) is 13.0. The number of allylic oxidation sites excluding steroid dienone is 18. The van der Waals surface area contributed by atoms with E-state index < -0.39 is 6.10 Å². The van der Waals surface area contributed by atoms with E-state index in [0.717, 1.165) is 89.9 Å². The van der Waals surface area contributed by atoms with Crippen molar-refractivity contribution in [1.82, 2.24) is 0 Å². The number of carbonyl (C=O) groups is 2. The van der Waals surface area contributed by atoms with Gasteiger partial charge in [0.25, 0.3) is 0 Å². The first-order chi connectivity index (χ1) is 34.6. The Morgan fingerprint density at radius 2 is 0.614 bits per heavy atom. The van der Waals surface area contributed by atoms with E-state index in [2.05, 4.69) is 123 Å². The van der Waals surface area contributed by atoms with Crippen LogP contribution in [0.25, 0.3) is 0 Å². The third-order valence-electron chi connectivity index (χ3n) is 12.6. The van der Waals surface area contributed by atoms with Crippen LogP contribution in [0, 0.1) is 0 Å². The van der Waals surface area contributed by atoms with Crippen molar-refractivity contribution in [3.05, 3.63) is 109 Å². The van der Waals surface area contributed by atoms with Crippen molar-refractivity contribution in [2.75, 3.05) is 13.2 Å². The largest absolute Gasteiger partial charge is 0.462 e. The molecule has 400 valence electrons. The minimum Gasteiger partial charge on any atom is -0.462 e. The number of carbonyl (C=O) groups excluding carboxylic acids is 2. The minimum atomic E-state index is -0.779. The average molecular weight is 972 g/mol. The summed E-state index contributed by atoms with van der Waals surface area (Å²) >= 11 is 0. The summed E-state index contributed by atoms with van der Waals surface area (Å²) < 4.78 is 10.7. The molecule has 0 spiro atoms. The molecule has 0 aromatic rings. The molecule has 0 aliphatic heterocycles. The molecular weight excluding hydrogens is 861 g/mol. The molecule has 0 aliphatic rings. The van der Waals surface area contributed by atoms with Crippen molar-refractivity contribution >= 4 is 11.9 Å². The van der Waals surface area contributed by atoms with Crippen molar-refractivity contribution in [2.45, 2.75) is 277 Å². The standard InChI is InChI=1S/C65H110O5/c1-3-5-7-9-11-13-15-17-19-21-23-24-25-26-27-28-29-30-31-32-33-34-35-36-37-38-39-40-42-44-46-48-50-52-54-56-58-60-65(68)70-63(61-66)62-69-64(67)59-57-55-53-51-49-47-45-43-41-22-20-18-16-14-12-10-8-6-4-2/h5,7,11-14,17-20,23-24,26-27,29-30,32-33,63,66H,3-4,6,8-10,15-16,21-22,25,28,31,34-62H2,1-2H3/b7-5-,13-11-,14-12-,19-17-,20-18-,24-23-,27-26-,30-29-,33-32-. The molecule has 0 aromatic carbocycles. The zero-order valence-electron chi connectivity index (χ0n) is 45.7. The highest BCUT2D eigenvalue weighted by atomic mass is 16.6. The van der Waals surface area contributed by atoms with Gasteiger partial charge >= 0.3 is 11.9 Å². The first kappa shape index (κ1) is 66.6. The van der Waals surface area contributed by atoms with Crippen LogP contribution < -0.4 is 0 Å². The molecule has 0 saturated heterocycles. The van der Waals surface area contributed by atoms with Crippen LogP contribution in [0.15, 0.2) is 109 Å². The second-order valence-electron chi connectivity index (χ2n) is 19.3. The number of aliphatic hydroxyl groups is 1. The van der Waals surface area contributed by atoms with E-state index in [4.69, 9.17) is 9.47 Å². The summed E-state index contributed by atoms with van der Waals surface area (Å²) in [7, 11) is 0. The fraction of sp³-hybridized carbons (Fsp3) is 0.692. The third kappa shape index (κ3) is 57.1. The Balaban J connectivity index is 3.50. The predicted molar refractivity (Wildman–Crippen MR) is 306 cm³/mol. The van der Waals surface area contributed by atoms with Crippen molar-refractivity contribution in [1.29, 1.82) is 0 Å². The lowest BCUT2D eigenvalue weighted by Crippen LogP contribution is -2.28. The summed E-state index contributed by atoms with van der Waals surface area (Å²) in [6.45, 7) is 4.01. The van der Waals surface area contributed by atoms with E-state index in [1.165, 1.54) is 154 Å². The Labute approximate surface area is 433 Å². The third-order valence-corrected chi connectivity index (χ3v) is 12.6. The summed E-state index contributed by atoms with van der Waals surface area (Å²) in [6, 6.07) is 0. The van der Waals surface area contributed by atoms with Gasteiger partial charge in [-0.25, -0.2) is 0 Å². The Hall–Kier alpha value is -3.44. The highest BCUT2D eigenvalue weighted by Gasteiger charge is 2.16. The van der Waals surface area contributed by atoms with E-state index in [0.29, 0.717) is 12.8 Å². The van der Waals surface area contributed by atoms with Crippen LogP contribution in [0.2, 0.25) is 0 Å². The predicted octanol–water partition coefficient (Wildman–Crippen LogP) is 20.1. The highest BCUT2D eigenvalue weighted by Crippen LogP contribution is 2.16. The maximum atomic E-state index is 12.3. The number of hydrogen-bond acceptors (Lipinski definition) is 5. The van der Waals surface area contributed by atoms with Crippen LogP contribution in [-0.2, 0) is 19.1 Å². The molecular formula is C65H110O5. The molecule has 0 amide bonds. The maximum Gasteiger partial charge on any atom is 0.306 e. The summed E-state index contributed by atoms with van der Waals surface area (Å²) in [5.74, 6) is -0.593. The van der Waals surface area contributed by atoms with Gasteiger partial charge in [-0.05, 0) is 103 Å². The van der Waals surface area contributed by atoms with Gasteiger partial charge in [0.1, 0.15) is 6.61 Å². The molecule has 1 atom stereocenters. The zero-order valence-corrected chi connectivity index (χ0v) is 45.7. The molecule has 70 heavy (non-hydrogen) atoms. The molecule has 0 fully saturated rings. The number of esters is 2. The Morgan fingerprint density at radius 1 is 0.343 bits per heavy atom. The fourth-order valence-electron chi connectivity index (χ4n) is 8.15. The van der Waals surface area contributed by atoms with E-state index in [-0.39, 0.29) is 25.2 Å². The topological polar surface area (TPSA) is 72.8 Å². The van der Waals surface area contributed by atoms with Crippen molar-refractivity contribution < 1.29 is 24.2 Å². The Kier molecular flexibility index (Phi) is 56.9. The summed E-state index contributed by atoms with van der Waals surface area (Å²) in [5.41, 5.74) is 0. The first-order valence-electron chi connectivity index (χ1n) is 29.4. The number of hydrogen-bond donors (Lipinski definition) is 1. The lowest BCUT2D eigenvalue weighted by Gasteiger charge is -2.15.